The molecule has 2 aromatic rings. The van der Waals surface area contributed by atoms with Crippen molar-refractivity contribution >= 4 is 35.3 Å². The number of amides is 2. The third kappa shape index (κ3) is 3.58. The van der Waals surface area contributed by atoms with Crippen LogP contribution in [-0.4, -0.2) is 28.0 Å². The second-order valence-electron chi connectivity index (χ2n) is 8.21. The fourth-order valence-electron chi connectivity index (χ4n) is 4.87. The van der Waals surface area contributed by atoms with Gasteiger partial charge in [0, 0.05) is 22.2 Å². The first-order chi connectivity index (χ1) is 15.8. The summed E-state index contributed by atoms with van der Waals surface area (Å²) in [6.07, 6.45) is 5.87. The van der Waals surface area contributed by atoms with Crippen LogP contribution in [0, 0.1) is 39.6 Å². The molecule has 2 aromatic carbocycles. The Bertz CT molecular complexity index is 1220. The molecule has 5 rings (SSSR count). The number of benzene rings is 2. The van der Waals surface area contributed by atoms with Crippen molar-refractivity contribution in [3.8, 4) is 5.75 Å². The predicted octanol–water partition coefficient (Wildman–Crippen LogP) is 4.11. The topological polar surface area (TPSA) is 102 Å². The molecule has 2 amide bonds. The molecule has 1 saturated heterocycles. The number of hydrogen-bond donors (Lipinski definition) is 0. The average molecular weight is 470 g/mol. The number of halogens is 2. The third-order valence-corrected chi connectivity index (χ3v) is 6.57. The minimum atomic E-state index is -0.681. The lowest BCUT2D eigenvalue weighted by Crippen LogP contribution is -2.28. The van der Waals surface area contributed by atoms with E-state index in [2.05, 4.69) is 5.10 Å². The van der Waals surface area contributed by atoms with Crippen LogP contribution in [0.4, 0.5) is 10.1 Å². The van der Waals surface area contributed by atoms with Gasteiger partial charge in [-0.2, -0.15) is 10.1 Å². The minimum Gasteiger partial charge on any atom is -0.481 e. The number of fused-ring (bicyclic) bond motifs is 5. The number of imide groups is 1. The number of carbonyl (C=O) groups is 2. The number of nitro groups is 1. The molecular weight excluding hydrogens is 453 g/mol. The summed E-state index contributed by atoms with van der Waals surface area (Å²) >= 11 is 6.05. The lowest BCUT2D eigenvalue weighted by atomic mass is 9.85. The van der Waals surface area contributed by atoms with E-state index in [0.717, 1.165) is 23.7 Å². The van der Waals surface area contributed by atoms with E-state index in [4.69, 9.17) is 16.3 Å². The highest BCUT2D eigenvalue weighted by molar-refractivity contribution is 6.31. The molecular formula is C23H17ClFN3O5. The van der Waals surface area contributed by atoms with Crippen molar-refractivity contribution in [1.82, 2.24) is 5.01 Å². The number of ether oxygens (including phenoxy) is 1. The highest BCUT2D eigenvalue weighted by atomic mass is 35.5. The molecule has 1 saturated carbocycles. The zero-order chi connectivity index (χ0) is 23.3. The third-order valence-electron chi connectivity index (χ3n) is 6.35. The zero-order valence-corrected chi connectivity index (χ0v) is 17.8. The zero-order valence-electron chi connectivity index (χ0n) is 17.1. The van der Waals surface area contributed by atoms with Gasteiger partial charge in [-0.15, -0.1) is 0 Å². The Kier molecular flexibility index (Phi) is 5.20. The maximum absolute atomic E-state index is 14.0. The van der Waals surface area contributed by atoms with Gasteiger partial charge >= 0.3 is 5.69 Å². The Morgan fingerprint density at radius 3 is 2.48 bits per heavy atom. The fourth-order valence-corrected chi connectivity index (χ4v) is 5.10. The van der Waals surface area contributed by atoms with E-state index < -0.39 is 28.3 Å². The monoisotopic (exact) mass is 469 g/mol. The summed E-state index contributed by atoms with van der Waals surface area (Å²) in [7, 11) is 0. The Morgan fingerprint density at radius 1 is 1.18 bits per heavy atom. The van der Waals surface area contributed by atoms with Crippen LogP contribution in [0.15, 0.2) is 53.7 Å². The highest BCUT2D eigenvalue weighted by Crippen LogP contribution is 2.52. The van der Waals surface area contributed by atoms with Gasteiger partial charge in [0.25, 0.3) is 11.8 Å². The van der Waals surface area contributed by atoms with Crippen molar-refractivity contribution in [1.29, 1.82) is 0 Å². The summed E-state index contributed by atoms with van der Waals surface area (Å²) in [6, 6.07) is 8.35. The maximum Gasteiger partial charge on any atom is 0.313 e. The highest BCUT2D eigenvalue weighted by Gasteiger charge is 2.59. The van der Waals surface area contributed by atoms with E-state index in [1.165, 1.54) is 24.3 Å². The molecule has 3 aliphatic rings. The van der Waals surface area contributed by atoms with Crippen LogP contribution in [0.3, 0.4) is 0 Å². The molecule has 1 heterocycles. The number of nitro benzene ring substituents is 1. The Balaban J connectivity index is 1.46. The molecule has 2 bridgehead atoms. The van der Waals surface area contributed by atoms with Gasteiger partial charge in [-0.1, -0.05) is 42.0 Å². The second kappa shape index (κ2) is 8.08. The van der Waals surface area contributed by atoms with Crippen LogP contribution in [0.5, 0.6) is 5.75 Å². The van der Waals surface area contributed by atoms with E-state index >= 15 is 0 Å². The summed E-state index contributed by atoms with van der Waals surface area (Å²) < 4.78 is 19.6. The molecule has 8 nitrogen and oxygen atoms in total. The largest absolute Gasteiger partial charge is 0.481 e. The smallest absolute Gasteiger partial charge is 0.313 e. The summed E-state index contributed by atoms with van der Waals surface area (Å²) in [5.74, 6) is -2.27. The Hall–Kier alpha value is -3.59. The van der Waals surface area contributed by atoms with Crippen LogP contribution >= 0.6 is 11.6 Å². The van der Waals surface area contributed by atoms with Gasteiger partial charge in [0.2, 0.25) is 5.75 Å². The van der Waals surface area contributed by atoms with E-state index in [-0.39, 0.29) is 52.2 Å². The lowest BCUT2D eigenvalue weighted by molar-refractivity contribution is -0.385. The SMILES string of the molecule is O=C1C2C3C=CC(C3)C2C(=O)N1N=Cc1cc(Cl)cc([N+](=O)[O-])c1OCc1ccccc1F. The van der Waals surface area contributed by atoms with E-state index in [1.807, 2.05) is 12.2 Å². The molecule has 4 atom stereocenters. The number of hydrazone groups is 1. The van der Waals surface area contributed by atoms with Crippen molar-refractivity contribution in [3.05, 3.63) is 80.6 Å². The molecule has 0 aromatic heterocycles. The van der Waals surface area contributed by atoms with Gasteiger partial charge in [-0.3, -0.25) is 19.7 Å². The van der Waals surface area contributed by atoms with Gasteiger partial charge in [0.05, 0.1) is 23.0 Å². The van der Waals surface area contributed by atoms with Gasteiger partial charge in [-0.05, 0) is 30.4 Å². The van der Waals surface area contributed by atoms with Gasteiger partial charge < -0.3 is 4.74 Å². The molecule has 0 spiro atoms. The molecule has 4 unspecified atom stereocenters. The van der Waals surface area contributed by atoms with E-state index in [1.54, 1.807) is 6.07 Å². The van der Waals surface area contributed by atoms with Crippen LogP contribution in [0.1, 0.15) is 17.5 Å². The second-order valence-corrected chi connectivity index (χ2v) is 8.65. The summed E-state index contributed by atoms with van der Waals surface area (Å²) in [5, 5.41) is 16.5. The normalized spacial score (nSPS) is 25.3. The van der Waals surface area contributed by atoms with E-state index in [0.29, 0.717) is 0 Å². The Labute approximate surface area is 192 Å². The van der Waals surface area contributed by atoms with Crippen LogP contribution in [0.25, 0.3) is 0 Å². The summed E-state index contributed by atoms with van der Waals surface area (Å²) in [6.45, 7) is -0.281. The lowest BCUT2D eigenvalue weighted by Gasteiger charge is -2.13. The van der Waals surface area contributed by atoms with Crippen molar-refractivity contribution < 1.29 is 23.6 Å². The molecule has 33 heavy (non-hydrogen) atoms. The molecule has 2 fully saturated rings. The fraction of sp³-hybridized carbons (Fsp3) is 0.261. The maximum atomic E-state index is 14.0. The Morgan fingerprint density at radius 2 is 1.85 bits per heavy atom. The van der Waals surface area contributed by atoms with Crippen molar-refractivity contribution in [2.24, 2.45) is 28.8 Å². The van der Waals surface area contributed by atoms with Crippen molar-refractivity contribution in [3.63, 3.8) is 0 Å². The first-order valence-corrected chi connectivity index (χ1v) is 10.7. The molecule has 0 radical (unpaired) electrons. The number of nitrogens with zero attached hydrogens (tertiary/aromatic N) is 3. The van der Waals surface area contributed by atoms with Gasteiger partial charge in [0.15, 0.2) is 0 Å². The first-order valence-electron chi connectivity index (χ1n) is 10.3. The molecule has 168 valence electrons. The number of hydrogen-bond acceptors (Lipinski definition) is 6. The summed E-state index contributed by atoms with van der Waals surface area (Å²) in [4.78, 5) is 36.6. The molecule has 2 aliphatic carbocycles. The average Bonchev–Trinajstić information content (AvgIpc) is 3.46. The van der Waals surface area contributed by atoms with E-state index in [9.17, 15) is 24.1 Å². The van der Waals surface area contributed by atoms with Gasteiger partial charge in [0.1, 0.15) is 12.4 Å². The first kappa shape index (κ1) is 21.3. The van der Waals surface area contributed by atoms with Crippen LogP contribution < -0.4 is 4.74 Å². The quantitative estimate of drug-likeness (QED) is 0.208. The predicted molar refractivity (Wildman–Crippen MR) is 116 cm³/mol. The standard InChI is InChI=1S/C23H17ClFN3O5/c24-16-8-15(10-26-27-22(29)19-12-5-6-13(7-12)20(19)23(27)30)21(18(9-16)28(31)32)33-11-14-3-1-2-4-17(14)25/h1-6,8-10,12-13,19-20H,7,11H2. The van der Waals surface area contributed by atoms with Crippen molar-refractivity contribution in [2.45, 2.75) is 13.0 Å². The number of allylic oxidation sites excluding steroid dienone is 2. The van der Waals surface area contributed by atoms with Crippen LogP contribution in [-0.2, 0) is 16.2 Å². The number of rotatable bonds is 6. The number of carbonyl (C=O) groups excluding carboxylic acids is 2. The minimum absolute atomic E-state index is 0.0311. The van der Waals surface area contributed by atoms with Gasteiger partial charge in [-0.25, -0.2) is 4.39 Å². The molecule has 1 aliphatic heterocycles. The molecule has 0 N–H and O–H groups in total. The molecule has 10 heteroatoms. The van der Waals surface area contributed by atoms with Crippen molar-refractivity contribution in [2.75, 3.05) is 0 Å². The van der Waals surface area contributed by atoms with Crippen LogP contribution in [0.2, 0.25) is 5.02 Å². The summed E-state index contributed by atoms with van der Waals surface area (Å²) in [5.41, 5.74) is -0.159.